The SMILES string of the molecule is COc1ncccc1-c1cnn2ccc(N3CCN(C(=O)OC4COC4)CC3)nc12. The lowest BCUT2D eigenvalue weighted by Crippen LogP contribution is -2.51. The van der Waals surface area contributed by atoms with E-state index in [1.165, 1.54) is 0 Å². The lowest BCUT2D eigenvalue weighted by atomic mass is 10.1. The molecule has 1 amide bonds. The van der Waals surface area contributed by atoms with Crippen LogP contribution in [0.5, 0.6) is 5.88 Å². The molecule has 2 saturated heterocycles. The highest BCUT2D eigenvalue weighted by Crippen LogP contribution is 2.31. The smallest absolute Gasteiger partial charge is 0.410 e. The number of amides is 1. The molecule has 10 heteroatoms. The average molecular weight is 410 g/mol. The molecule has 10 nitrogen and oxygen atoms in total. The van der Waals surface area contributed by atoms with E-state index in [0.29, 0.717) is 45.3 Å². The molecule has 0 spiro atoms. The van der Waals surface area contributed by atoms with Crippen LogP contribution in [0.4, 0.5) is 10.6 Å². The fourth-order valence-corrected chi connectivity index (χ4v) is 3.60. The van der Waals surface area contributed by atoms with Gasteiger partial charge in [0.15, 0.2) is 11.8 Å². The number of carbonyl (C=O) groups excluding carboxylic acids is 1. The Hall–Kier alpha value is -3.40. The Bertz CT molecular complexity index is 1060. The number of methoxy groups -OCH3 is 1. The van der Waals surface area contributed by atoms with Crippen LogP contribution in [-0.4, -0.2) is 83.2 Å². The molecule has 0 aliphatic carbocycles. The molecule has 3 aromatic rings. The molecule has 0 radical (unpaired) electrons. The zero-order chi connectivity index (χ0) is 20.5. The maximum Gasteiger partial charge on any atom is 0.410 e. The molecule has 0 N–H and O–H groups in total. The topological polar surface area (TPSA) is 94.3 Å². The Labute approximate surface area is 173 Å². The molecule has 30 heavy (non-hydrogen) atoms. The molecule has 2 aliphatic heterocycles. The van der Waals surface area contributed by atoms with E-state index in [-0.39, 0.29) is 12.2 Å². The summed E-state index contributed by atoms with van der Waals surface area (Å²) in [5, 5.41) is 4.41. The first-order valence-electron chi connectivity index (χ1n) is 9.85. The number of piperazine rings is 1. The predicted octanol–water partition coefficient (Wildman–Crippen LogP) is 1.46. The number of carbonyl (C=O) groups is 1. The van der Waals surface area contributed by atoms with Gasteiger partial charge in [0.25, 0.3) is 0 Å². The summed E-state index contributed by atoms with van der Waals surface area (Å²) < 4.78 is 17.6. The van der Waals surface area contributed by atoms with Crippen molar-refractivity contribution in [1.29, 1.82) is 0 Å². The van der Waals surface area contributed by atoms with Crippen molar-refractivity contribution in [2.75, 3.05) is 51.4 Å². The van der Waals surface area contributed by atoms with Gasteiger partial charge in [0.05, 0.1) is 32.1 Å². The van der Waals surface area contributed by atoms with Crippen LogP contribution in [0.2, 0.25) is 0 Å². The Kier molecular flexibility index (Phi) is 4.83. The van der Waals surface area contributed by atoms with Gasteiger partial charge in [-0.3, -0.25) is 0 Å². The highest BCUT2D eigenvalue weighted by atomic mass is 16.6. The fraction of sp³-hybridized carbons (Fsp3) is 0.400. The second-order valence-corrected chi connectivity index (χ2v) is 7.19. The van der Waals surface area contributed by atoms with Crippen LogP contribution in [-0.2, 0) is 9.47 Å². The monoisotopic (exact) mass is 410 g/mol. The van der Waals surface area contributed by atoms with E-state index in [0.717, 1.165) is 22.6 Å². The predicted molar refractivity (Wildman–Crippen MR) is 108 cm³/mol. The minimum absolute atomic E-state index is 0.107. The minimum Gasteiger partial charge on any atom is -0.481 e. The molecule has 0 saturated carbocycles. The van der Waals surface area contributed by atoms with Crippen molar-refractivity contribution in [2.24, 2.45) is 0 Å². The second kappa shape index (κ2) is 7.79. The van der Waals surface area contributed by atoms with Gasteiger partial charge in [-0.25, -0.2) is 19.3 Å². The first kappa shape index (κ1) is 18.6. The molecule has 156 valence electrons. The van der Waals surface area contributed by atoms with Crippen LogP contribution in [0.15, 0.2) is 36.8 Å². The average Bonchev–Trinajstić information content (AvgIpc) is 3.19. The molecule has 0 aromatic carbocycles. The standard InChI is InChI=1S/C20H22N6O4/c1-28-19-15(3-2-5-21-19)16-11-22-26-6-4-17(23-18(16)26)24-7-9-25(10-8-24)20(27)30-14-12-29-13-14/h2-6,11,14H,7-10,12-13H2,1H3. The van der Waals surface area contributed by atoms with Crippen LogP contribution in [0.1, 0.15) is 0 Å². The van der Waals surface area contributed by atoms with Crippen molar-refractivity contribution >= 4 is 17.6 Å². The van der Waals surface area contributed by atoms with Crippen LogP contribution in [0.25, 0.3) is 16.8 Å². The quantitative estimate of drug-likeness (QED) is 0.638. The van der Waals surface area contributed by atoms with Gasteiger partial charge in [-0.2, -0.15) is 5.10 Å². The van der Waals surface area contributed by atoms with Gasteiger partial charge in [-0.05, 0) is 18.2 Å². The number of hydrogen-bond donors (Lipinski definition) is 0. The molecule has 2 aliphatic rings. The summed E-state index contributed by atoms with van der Waals surface area (Å²) in [6.07, 6.45) is 4.97. The fourth-order valence-electron chi connectivity index (χ4n) is 3.60. The molecule has 0 unspecified atom stereocenters. The largest absolute Gasteiger partial charge is 0.481 e. The Balaban J connectivity index is 1.34. The van der Waals surface area contributed by atoms with Gasteiger partial charge in [0, 0.05) is 44.1 Å². The second-order valence-electron chi connectivity index (χ2n) is 7.19. The maximum absolute atomic E-state index is 12.2. The number of anilines is 1. The van der Waals surface area contributed by atoms with Crippen LogP contribution < -0.4 is 9.64 Å². The summed E-state index contributed by atoms with van der Waals surface area (Å²) in [6, 6.07) is 5.73. The number of rotatable bonds is 4. The van der Waals surface area contributed by atoms with Crippen molar-refractivity contribution in [1.82, 2.24) is 24.5 Å². The number of ether oxygens (including phenoxy) is 3. The third kappa shape index (κ3) is 3.39. The lowest BCUT2D eigenvalue weighted by Gasteiger charge is -2.36. The van der Waals surface area contributed by atoms with E-state index >= 15 is 0 Å². The van der Waals surface area contributed by atoms with E-state index in [1.54, 1.807) is 28.9 Å². The van der Waals surface area contributed by atoms with Gasteiger partial charge >= 0.3 is 6.09 Å². The molecule has 0 bridgehead atoms. The van der Waals surface area contributed by atoms with Gasteiger partial charge in [-0.15, -0.1) is 0 Å². The Morgan fingerprint density at radius 2 is 2.00 bits per heavy atom. The van der Waals surface area contributed by atoms with E-state index in [4.69, 9.17) is 19.2 Å². The van der Waals surface area contributed by atoms with Crippen molar-refractivity contribution in [2.45, 2.75) is 6.10 Å². The number of nitrogens with zero attached hydrogens (tertiary/aromatic N) is 6. The van der Waals surface area contributed by atoms with E-state index in [1.807, 2.05) is 24.4 Å². The van der Waals surface area contributed by atoms with Crippen molar-refractivity contribution < 1.29 is 19.0 Å². The van der Waals surface area contributed by atoms with Crippen molar-refractivity contribution in [3.8, 4) is 17.0 Å². The van der Waals surface area contributed by atoms with Gasteiger partial charge < -0.3 is 24.0 Å². The summed E-state index contributed by atoms with van der Waals surface area (Å²) in [6.45, 7) is 3.51. The molecule has 3 aromatic heterocycles. The van der Waals surface area contributed by atoms with Gasteiger partial charge in [-0.1, -0.05) is 0 Å². The van der Waals surface area contributed by atoms with E-state index in [9.17, 15) is 4.79 Å². The number of pyridine rings is 1. The van der Waals surface area contributed by atoms with Crippen molar-refractivity contribution in [3.63, 3.8) is 0 Å². The first-order chi connectivity index (χ1) is 14.7. The molecular formula is C20H22N6O4. The highest BCUT2D eigenvalue weighted by molar-refractivity contribution is 5.80. The van der Waals surface area contributed by atoms with E-state index < -0.39 is 0 Å². The van der Waals surface area contributed by atoms with Crippen molar-refractivity contribution in [3.05, 3.63) is 36.8 Å². The highest BCUT2D eigenvalue weighted by Gasteiger charge is 2.28. The van der Waals surface area contributed by atoms with Crippen LogP contribution >= 0.6 is 0 Å². The van der Waals surface area contributed by atoms with Gasteiger partial charge in [0.2, 0.25) is 5.88 Å². The molecular weight excluding hydrogens is 388 g/mol. The Morgan fingerprint density at radius 3 is 2.73 bits per heavy atom. The van der Waals surface area contributed by atoms with Crippen LogP contribution in [0.3, 0.4) is 0 Å². The van der Waals surface area contributed by atoms with Crippen LogP contribution in [0, 0.1) is 0 Å². The third-order valence-electron chi connectivity index (χ3n) is 5.35. The van der Waals surface area contributed by atoms with Gasteiger partial charge in [0.1, 0.15) is 5.82 Å². The normalized spacial score (nSPS) is 17.1. The minimum atomic E-state index is -0.270. The molecule has 2 fully saturated rings. The zero-order valence-corrected chi connectivity index (χ0v) is 16.6. The summed E-state index contributed by atoms with van der Waals surface area (Å²) in [5.74, 6) is 1.37. The Morgan fingerprint density at radius 1 is 1.17 bits per heavy atom. The van der Waals surface area contributed by atoms with E-state index in [2.05, 4.69) is 15.0 Å². The summed E-state index contributed by atoms with van der Waals surface area (Å²) in [4.78, 5) is 25.2. The first-order valence-corrected chi connectivity index (χ1v) is 9.85. The third-order valence-corrected chi connectivity index (χ3v) is 5.35. The number of fused-ring (bicyclic) bond motifs is 1. The maximum atomic E-state index is 12.2. The molecule has 5 heterocycles. The lowest BCUT2D eigenvalue weighted by molar-refractivity contribution is -0.104. The number of hydrogen-bond acceptors (Lipinski definition) is 8. The summed E-state index contributed by atoms with van der Waals surface area (Å²) in [7, 11) is 1.60. The summed E-state index contributed by atoms with van der Waals surface area (Å²) >= 11 is 0. The molecule has 0 atom stereocenters. The number of aromatic nitrogens is 4. The summed E-state index contributed by atoms with van der Waals surface area (Å²) in [5.41, 5.74) is 2.42. The molecule has 5 rings (SSSR count). The zero-order valence-electron chi connectivity index (χ0n) is 16.6.